The molecular formula is C19H16N4OS. The van der Waals surface area contributed by atoms with Gasteiger partial charge >= 0.3 is 0 Å². The molecule has 0 radical (unpaired) electrons. The summed E-state index contributed by atoms with van der Waals surface area (Å²) in [4.78, 5) is 18.1. The number of aromatic nitrogens is 3. The Hall–Kier alpha value is -2.99. The Kier molecular flexibility index (Phi) is 4.03. The van der Waals surface area contributed by atoms with E-state index in [1.54, 1.807) is 4.52 Å². The molecule has 0 aliphatic rings. The van der Waals surface area contributed by atoms with Gasteiger partial charge in [-0.05, 0) is 18.1 Å². The van der Waals surface area contributed by atoms with Crippen molar-refractivity contribution in [3.8, 4) is 0 Å². The van der Waals surface area contributed by atoms with Crippen LogP contribution in [0.2, 0.25) is 0 Å². The fraction of sp³-hybridized carbons (Fsp3) is 0.105. The zero-order valence-electron chi connectivity index (χ0n) is 13.6. The topological polar surface area (TPSA) is 59.3 Å². The molecule has 0 aliphatic carbocycles. The molecule has 0 bridgehead atoms. The third kappa shape index (κ3) is 3.04. The smallest absolute Gasteiger partial charge is 0.250 e. The largest absolute Gasteiger partial charge is 0.292 e. The van der Waals surface area contributed by atoms with E-state index in [0.717, 1.165) is 21.8 Å². The standard InChI is InChI=1S/C19H16N4OS/c1-13-12-25-19-21-18(22-23(13)19)20-17(24)16(14-8-4-2-5-9-14)15-10-6-3-7-11-15/h2-12,16H,1H3,(H,20,22,24). The van der Waals surface area contributed by atoms with E-state index in [9.17, 15) is 4.79 Å². The molecule has 2 aromatic carbocycles. The minimum absolute atomic E-state index is 0.145. The normalized spacial score (nSPS) is 11.1. The zero-order chi connectivity index (χ0) is 17.2. The summed E-state index contributed by atoms with van der Waals surface area (Å²) in [7, 11) is 0. The van der Waals surface area contributed by atoms with Gasteiger partial charge in [-0.3, -0.25) is 10.1 Å². The lowest BCUT2D eigenvalue weighted by molar-refractivity contribution is -0.116. The average Bonchev–Trinajstić information content (AvgIpc) is 3.19. The molecule has 0 saturated carbocycles. The number of nitrogens with zero attached hydrogens (tertiary/aromatic N) is 3. The summed E-state index contributed by atoms with van der Waals surface area (Å²) in [6, 6.07) is 19.5. The van der Waals surface area contributed by atoms with E-state index < -0.39 is 5.92 Å². The number of carbonyl (C=O) groups is 1. The van der Waals surface area contributed by atoms with Crippen LogP contribution in [-0.4, -0.2) is 20.5 Å². The van der Waals surface area contributed by atoms with Gasteiger partial charge in [0.1, 0.15) is 0 Å². The van der Waals surface area contributed by atoms with Crippen LogP contribution in [0.15, 0.2) is 66.0 Å². The number of carbonyl (C=O) groups excluding carboxylic acids is 1. The molecule has 6 heteroatoms. The number of amides is 1. The maximum Gasteiger partial charge on any atom is 0.250 e. The molecule has 0 spiro atoms. The van der Waals surface area contributed by atoms with Crippen LogP contribution in [0.1, 0.15) is 22.7 Å². The van der Waals surface area contributed by atoms with Gasteiger partial charge < -0.3 is 0 Å². The molecule has 0 fully saturated rings. The van der Waals surface area contributed by atoms with Crippen LogP contribution in [0.5, 0.6) is 0 Å². The van der Waals surface area contributed by atoms with Crippen molar-refractivity contribution in [1.82, 2.24) is 14.6 Å². The summed E-state index contributed by atoms with van der Waals surface area (Å²) < 4.78 is 1.74. The highest BCUT2D eigenvalue weighted by Gasteiger charge is 2.24. The second-order valence-corrected chi connectivity index (χ2v) is 6.59. The summed E-state index contributed by atoms with van der Waals surface area (Å²) >= 11 is 1.50. The Morgan fingerprint density at radius 1 is 1.04 bits per heavy atom. The first kappa shape index (κ1) is 15.5. The van der Waals surface area contributed by atoms with Crippen LogP contribution in [0.25, 0.3) is 4.96 Å². The summed E-state index contributed by atoms with van der Waals surface area (Å²) in [5.41, 5.74) is 2.86. The van der Waals surface area contributed by atoms with E-state index in [4.69, 9.17) is 0 Å². The minimum atomic E-state index is -0.412. The Labute approximate surface area is 149 Å². The predicted molar refractivity (Wildman–Crippen MR) is 99.0 cm³/mol. The molecule has 5 nitrogen and oxygen atoms in total. The Balaban J connectivity index is 1.68. The van der Waals surface area contributed by atoms with Crippen molar-refractivity contribution in [2.45, 2.75) is 12.8 Å². The Morgan fingerprint density at radius 2 is 1.64 bits per heavy atom. The number of thiazole rings is 1. The van der Waals surface area contributed by atoms with Crippen LogP contribution in [0, 0.1) is 6.92 Å². The SMILES string of the molecule is Cc1csc2nc(NC(=O)C(c3ccccc3)c3ccccc3)nn12. The highest BCUT2D eigenvalue weighted by molar-refractivity contribution is 7.15. The van der Waals surface area contributed by atoms with E-state index in [1.807, 2.05) is 73.0 Å². The number of rotatable bonds is 4. The van der Waals surface area contributed by atoms with Gasteiger partial charge in [0.25, 0.3) is 0 Å². The van der Waals surface area contributed by atoms with Crippen LogP contribution in [-0.2, 0) is 4.79 Å². The lowest BCUT2D eigenvalue weighted by Gasteiger charge is -2.16. The van der Waals surface area contributed by atoms with Crippen molar-refractivity contribution >= 4 is 28.2 Å². The average molecular weight is 348 g/mol. The molecule has 0 aliphatic heterocycles. The van der Waals surface area contributed by atoms with Crippen molar-refractivity contribution < 1.29 is 4.79 Å². The van der Waals surface area contributed by atoms with E-state index >= 15 is 0 Å². The summed E-state index contributed by atoms with van der Waals surface area (Å²) in [6.45, 7) is 1.96. The van der Waals surface area contributed by atoms with Crippen molar-refractivity contribution in [2.24, 2.45) is 0 Å². The number of fused-ring (bicyclic) bond motifs is 1. The number of anilines is 1. The third-order valence-corrected chi connectivity index (χ3v) is 4.94. The molecule has 2 heterocycles. The Bertz CT molecular complexity index is 968. The monoisotopic (exact) mass is 348 g/mol. The quantitative estimate of drug-likeness (QED) is 0.609. The van der Waals surface area contributed by atoms with Crippen molar-refractivity contribution in [1.29, 1.82) is 0 Å². The molecule has 0 saturated heterocycles. The Morgan fingerprint density at radius 3 is 2.20 bits per heavy atom. The molecule has 25 heavy (non-hydrogen) atoms. The maximum absolute atomic E-state index is 13.0. The summed E-state index contributed by atoms with van der Waals surface area (Å²) in [5, 5.41) is 9.22. The van der Waals surface area contributed by atoms with Gasteiger partial charge in [-0.1, -0.05) is 60.7 Å². The molecule has 0 unspecified atom stereocenters. The fourth-order valence-electron chi connectivity index (χ4n) is 2.81. The fourth-order valence-corrected chi connectivity index (χ4v) is 3.61. The lowest BCUT2D eigenvalue weighted by atomic mass is 9.90. The van der Waals surface area contributed by atoms with E-state index in [0.29, 0.717) is 5.95 Å². The van der Waals surface area contributed by atoms with Gasteiger partial charge in [0.15, 0.2) is 0 Å². The van der Waals surface area contributed by atoms with E-state index in [2.05, 4.69) is 15.4 Å². The van der Waals surface area contributed by atoms with Gasteiger partial charge in [0.05, 0.1) is 11.6 Å². The first-order valence-electron chi connectivity index (χ1n) is 7.94. The van der Waals surface area contributed by atoms with Gasteiger partial charge in [-0.2, -0.15) is 4.98 Å². The number of nitrogens with one attached hydrogen (secondary N) is 1. The zero-order valence-corrected chi connectivity index (χ0v) is 14.4. The van der Waals surface area contributed by atoms with Crippen molar-refractivity contribution in [2.75, 3.05) is 5.32 Å². The number of benzene rings is 2. The maximum atomic E-state index is 13.0. The highest BCUT2D eigenvalue weighted by Crippen LogP contribution is 2.26. The second-order valence-electron chi connectivity index (χ2n) is 5.75. The molecule has 2 aromatic heterocycles. The lowest BCUT2D eigenvalue weighted by Crippen LogP contribution is -2.23. The van der Waals surface area contributed by atoms with Crippen LogP contribution in [0.3, 0.4) is 0 Å². The molecule has 1 amide bonds. The van der Waals surface area contributed by atoms with Crippen molar-refractivity contribution in [3.63, 3.8) is 0 Å². The highest BCUT2D eigenvalue weighted by atomic mass is 32.1. The molecule has 4 aromatic rings. The molecule has 124 valence electrons. The summed E-state index contributed by atoms with van der Waals surface area (Å²) in [5.74, 6) is -0.227. The number of hydrogen-bond acceptors (Lipinski definition) is 4. The summed E-state index contributed by atoms with van der Waals surface area (Å²) in [6.07, 6.45) is 0. The molecular weight excluding hydrogens is 332 g/mol. The predicted octanol–water partition coefficient (Wildman–Crippen LogP) is 3.87. The number of hydrogen-bond donors (Lipinski definition) is 1. The third-order valence-electron chi connectivity index (χ3n) is 4.01. The van der Waals surface area contributed by atoms with Crippen LogP contribution >= 0.6 is 11.3 Å². The first-order valence-corrected chi connectivity index (χ1v) is 8.82. The van der Waals surface area contributed by atoms with Gasteiger partial charge in [0.2, 0.25) is 16.8 Å². The first-order chi connectivity index (χ1) is 12.2. The van der Waals surface area contributed by atoms with Crippen LogP contribution in [0.4, 0.5) is 5.95 Å². The molecule has 4 rings (SSSR count). The second kappa shape index (κ2) is 6.49. The van der Waals surface area contributed by atoms with Crippen molar-refractivity contribution in [3.05, 3.63) is 82.9 Å². The van der Waals surface area contributed by atoms with Gasteiger partial charge in [-0.25, -0.2) is 4.52 Å². The van der Waals surface area contributed by atoms with E-state index in [-0.39, 0.29) is 5.91 Å². The van der Waals surface area contributed by atoms with E-state index in [1.165, 1.54) is 11.3 Å². The molecule has 1 N–H and O–H groups in total. The molecule has 0 atom stereocenters. The number of aryl methyl sites for hydroxylation is 1. The minimum Gasteiger partial charge on any atom is -0.292 e. The van der Waals surface area contributed by atoms with Crippen LogP contribution < -0.4 is 5.32 Å². The van der Waals surface area contributed by atoms with Gasteiger partial charge in [-0.15, -0.1) is 16.4 Å². The van der Waals surface area contributed by atoms with Gasteiger partial charge in [0, 0.05) is 5.38 Å².